The van der Waals surface area contributed by atoms with Crippen LogP contribution in [-0.4, -0.2) is 43.0 Å². The zero-order valence-electron chi connectivity index (χ0n) is 15.6. The van der Waals surface area contributed by atoms with E-state index in [2.05, 4.69) is 10.6 Å². The Morgan fingerprint density at radius 3 is 2.29 bits per heavy atom. The lowest BCUT2D eigenvalue weighted by Gasteiger charge is -2.15. The van der Waals surface area contributed by atoms with Gasteiger partial charge >= 0.3 is 6.18 Å². The first-order chi connectivity index (χ1) is 12.4. The Balaban J connectivity index is 0.00000729. The molecular weight excluding hydrogens is 401 g/mol. The summed E-state index contributed by atoms with van der Waals surface area (Å²) in [6, 6.07) is 3.35. The Bertz CT molecular complexity index is 711. The molecule has 1 aromatic rings. The monoisotopic (exact) mass is 424 g/mol. The maximum absolute atomic E-state index is 12.2. The number of carbonyl (C=O) groups excluding carboxylic acids is 3. The van der Waals surface area contributed by atoms with Crippen molar-refractivity contribution in [2.24, 2.45) is 11.7 Å². The molecule has 0 aliphatic heterocycles. The molecule has 3 amide bonds. The van der Waals surface area contributed by atoms with Crippen molar-refractivity contribution in [2.45, 2.75) is 33.0 Å². The van der Waals surface area contributed by atoms with E-state index < -0.39 is 36.5 Å². The fourth-order valence-electron chi connectivity index (χ4n) is 1.96. The highest BCUT2D eigenvalue weighted by atomic mass is 35.5. The van der Waals surface area contributed by atoms with Gasteiger partial charge in [-0.25, -0.2) is 0 Å². The van der Waals surface area contributed by atoms with Gasteiger partial charge < -0.3 is 21.7 Å². The standard InChI is InChI=1S/C17H23F3N4O3.ClH/c1-9(2)14(21)16(27)22-7-13(25)24-12-6-11(5-4-10(12)3)15(26)23-8-17(18,19)20;/h4-6,9,14H,7-8,21H2,1-3H3,(H,22,27)(H,23,26)(H,24,25);1H/t14-;/m0./s1. The number of rotatable bonds is 7. The molecule has 1 atom stereocenters. The number of amides is 3. The Morgan fingerprint density at radius 2 is 1.75 bits per heavy atom. The third-order valence-corrected chi connectivity index (χ3v) is 3.67. The predicted molar refractivity (Wildman–Crippen MR) is 101 cm³/mol. The molecule has 11 heteroatoms. The molecule has 1 aromatic carbocycles. The third kappa shape index (κ3) is 8.57. The molecule has 0 aliphatic rings. The molecule has 28 heavy (non-hydrogen) atoms. The largest absolute Gasteiger partial charge is 0.405 e. The van der Waals surface area contributed by atoms with Gasteiger partial charge in [-0.05, 0) is 30.5 Å². The second-order valence-corrected chi connectivity index (χ2v) is 6.36. The van der Waals surface area contributed by atoms with Crippen molar-refractivity contribution in [3.63, 3.8) is 0 Å². The Morgan fingerprint density at radius 1 is 1.14 bits per heavy atom. The summed E-state index contributed by atoms with van der Waals surface area (Å²) in [5.41, 5.74) is 6.48. The second kappa shape index (κ2) is 10.9. The van der Waals surface area contributed by atoms with E-state index >= 15 is 0 Å². The summed E-state index contributed by atoms with van der Waals surface area (Å²) in [5.74, 6) is -2.05. The quantitative estimate of drug-likeness (QED) is 0.534. The maximum Gasteiger partial charge on any atom is 0.405 e. The van der Waals surface area contributed by atoms with E-state index in [1.54, 1.807) is 26.1 Å². The minimum absolute atomic E-state index is 0. The molecule has 0 heterocycles. The topological polar surface area (TPSA) is 113 Å². The summed E-state index contributed by atoms with van der Waals surface area (Å²) in [6.45, 7) is 3.40. The van der Waals surface area contributed by atoms with Crippen LogP contribution in [-0.2, 0) is 9.59 Å². The number of alkyl halides is 3. The first-order valence-electron chi connectivity index (χ1n) is 8.19. The molecule has 5 N–H and O–H groups in total. The number of nitrogens with two attached hydrogens (primary N) is 1. The van der Waals surface area contributed by atoms with Gasteiger partial charge in [0, 0.05) is 11.3 Å². The van der Waals surface area contributed by atoms with Gasteiger partial charge in [0.1, 0.15) is 6.54 Å². The van der Waals surface area contributed by atoms with Gasteiger partial charge in [0.15, 0.2) is 0 Å². The van der Waals surface area contributed by atoms with E-state index in [1.165, 1.54) is 18.2 Å². The van der Waals surface area contributed by atoms with Crippen LogP contribution in [0.3, 0.4) is 0 Å². The van der Waals surface area contributed by atoms with E-state index in [0.717, 1.165) is 0 Å². The van der Waals surface area contributed by atoms with Crippen LogP contribution < -0.4 is 21.7 Å². The van der Waals surface area contributed by atoms with E-state index in [-0.39, 0.29) is 36.1 Å². The number of hydrogen-bond donors (Lipinski definition) is 4. The molecule has 0 spiro atoms. The predicted octanol–water partition coefficient (Wildman–Crippen LogP) is 1.75. The molecule has 0 aromatic heterocycles. The van der Waals surface area contributed by atoms with E-state index in [9.17, 15) is 27.6 Å². The van der Waals surface area contributed by atoms with Crippen LogP contribution in [0.25, 0.3) is 0 Å². The van der Waals surface area contributed by atoms with Gasteiger partial charge in [-0.2, -0.15) is 13.2 Å². The van der Waals surface area contributed by atoms with Crippen molar-refractivity contribution in [3.05, 3.63) is 29.3 Å². The van der Waals surface area contributed by atoms with Crippen LogP contribution in [0.15, 0.2) is 18.2 Å². The smallest absolute Gasteiger partial charge is 0.346 e. The van der Waals surface area contributed by atoms with Gasteiger partial charge in [-0.3, -0.25) is 14.4 Å². The van der Waals surface area contributed by atoms with Crippen molar-refractivity contribution in [3.8, 4) is 0 Å². The molecule has 1 rings (SSSR count). The van der Waals surface area contributed by atoms with Crippen molar-refractivity contribution in [1.29, 1.82) is 0 Å². The van der Waals surface area contributed by atoms with E-state index in [0.29, 0.717) is 5.56 Å². The SMILES string of the molecule is Cc1ccc(C(=O)NCC(F)(F)F)cc1NC(=O)CNC(=O)[C@@H](N)C(C)C.Cl. The number of hydrogen-bond acceptors (Lipinski definition) is 4. The second-order valence-electron chi connectivity index (χ2n) is 6.36. The van der Waals surface area contributed by atoms with Gasteiger partial charge in [-0.1, -0.05) is 19.9 Å². The van der Waals surface area contributed by atoms with E-state index in [1.807, 2.05) is 0 Å². The molecule has 0 unspecified atom stereocenters. The van der Waals surface area contributed by atoms with Crippen molar-refractivity contribution >= 4 is 35.8 Å². The fourth-order valence-corrected chi connectivity index (χ4v) is 1.96. The molecule has 0 saturated heterocycles. The van der Waals surface area contributed by atoms with Gasteiger partial charge in [-0.15, -0.1) is 12.4 Å². The van der Waals surface area contributed by atoms with E-state index in [4.69, 9.17) is 5.73 Å². The Hall–Kier alpha value is -2.33. The van der Waals surface area contributed by atoms with Gasteiger partial charge in [0.05, 0.1) is 12.6 Å². The summed E-state index contributed by atoms with van der Waals surface area (Å²) in [6.07, 6.45) is -4.52. The highest BCUT2D eigenvalue weighted by molar-refractivity contribution is 5.99. The molecule has 0 saturated carbocycles. The van der Waals surface area contributed by atoms with Crippen molar-refractivity contribution in [2.75, 3.05) is 18.4 Å². The minimum atomic E-state index is -4.52. The zero-order chi connectivity index (χ0) is 20.8. The van der Waals surface area contributed by atoms with Crippen LogP contribution in [0.4, 0.5) is 18.9 Å². The number of nitrogens with one attached hydrogen (secondary N) is 3. The highest BCUT2D eigenvalue weighted by Crippen LogP contribution is 2.18. The molecule has 158 valence electrons. The average molecular weight is 425 g/mol. The minimum Gasteiger partial charge on any atom is -0.346 e. The summed E-state index contributed by atoms with van der Waals surface area (Å²) >= 11 is 0. The van der Waals surface area contributed by atoms with Gasteiger partial charge in [0.25, 0.3) is 5.91 Å². The number of halogens is 4. The van der Waals surface area contributed by atoms with Gasteiger partial charge in [0.2, 0.25) is 11.8 Å². The summed E-state index contributed by atoms with van der Waals surface area (Å²) in [4.78, 5) is 35.5. The lowest BCUT2D eigenvalue weighted by atomic mass is 10.1. The Labute approximate surface area is 167 Å². The molecular formula is C17H24ClF3N4O3. The fraction of sp³-hybridized carbons (Fsp3) is 0.471. The molecule has 0 bridgehead atoms. The first kappa shape index (κ1) is 25.7. The summed E-state index contributed by atoms with van der Waals surface area (Å²) in [5, 5.41) is 6.66. The highest BCUT2D eigenvalue weighted by Gasteiger charge is 2.28. The maximum atomic E-state index is 12.2. The molecule has 0 radical (unpaired) electrons. The Kier molecular flexibility index (Phi) is 9.96. The van der Waals surface area contributed by atoms with Crippen LogP contribution in [0.5, 0.6) is 0 Å². The van der Waals surface area contributed by atoms with Crippen LogP contribution in [0.1, 0.15) is 29.8 Å². The number of anilines is 1. The molecule has 0 aliphatic carbocycles. The lowest BCUT2D eigenvalue weighted by molar-refractivity contribution is -0.125. The normalized spacial score (nSPS) is 12.0. The number of aryl methyl sites for hydroxylation is 1. The summed E-state index contributed by atoms with van der Waals surface area (Å²) in [7, 11) is 0. The number of benzene rings is 1. The number of carbonyl (C=O) groups is 3. The molecule has 0 fully saturated rings. The lowest BCUT2D eigenvalue weighted by Crippen LogP contribution is -2.46. The molecule has 7 nitrogen and oxygen atoms in total. The van der Waals surface area contributed by atoms with Crippen LogP contribution in [0, 0.1) is 12.8 Å². The van der Waals surface area contributed by atoms with Crippen molar-refractivity contribution < 1.29 is 27.6 Å². The summed E-state index contributed by atoms with van der Waals surface area (Å²) < 4.78 is 36.6. The van der Waals surface area contributed by atoms with Crippen LogP contribution >= 0.6 is 12.4 Å². The zero-order valence-corrected chi connectivity index (χ0v) is 16.5. The first-order valence-corrected chi connectivity index (χ1v) is 8.19. The van der Waals surface area contributed by atoms with Crippen LogP contribution in [0.2, 0.25) is 0 Å². The average Bonchev–Trinajstić information content (AvgIpc) is 2.58. The van der Waals surface area contributed by atoms with Crippen molar-refractivity contribution in [1.82, 2.24) is 10.6 Å². The third-order valence-electron chi connectivity index (χ3n) is 3.67.